The molecule has 1 saturated heterocycles. The van der Waals surface area contributed by atoms with E-state index < -0.39 is 0 Å². The second-order valence-corrected chi connectivity index (χ2v) is 8.84. The van der Waals surface area contributed by atoms with E-state index in [1.807, 2.05) is 18.2 Å². The van der Waals surface area contributed by atoms with Crippen LogP contribution in [0.4, 0.5) is 10.1 Å². The highest BCUT2D eigenvalue weighted by Gasteiger charge is 2.28. The van der Waals surface area contributed by atoms with Crippen molar-refractivity contribution in [3.8, 4) is 5.75 Å². The van der Waals surface area contributed by atoms with Crippen molar-refractivity contribution in [1.29, 1.82) is 0 Å². The first kappa shape index (κ1) is 22.5. The maximum absolute atomic E-state index is 13.2. The van der Waals surface area contributed by atoms with Crippen LogP contribution >= 0.6 is 0 Å². The van der Waals surface area contributed by atoms with Crippen molar-refractivity contribution in [2.45, 2.75) is 20.0 Å². The van der Waals surface area contributed by atoms with Gasteiger partial charge in [-0.2, -0.15) is 0 Å². The number of fused-ring (bicyclic) bond motifs is 1. The van der Waals surface area contributed by atoms with E-state index in [1.54, 1.807) is 11.8 Å². The molecule has 0 radical (unpaired) electrons. The number of hydrogen-bond acceptors (Lipinski definition) is 6. The summed E-state index contributed by atoms with van der Waals surface area (Å²) in [6, 6.07) is 13.0. The minimum Gasteiger partial charge on any atom is -0.491 e. The highest BCUT2D eigenvalue weighted by atomic mass is 19.1. The van der Waals surface area contributed by atoms with Gasteiger partial charge in [-0.15, -0.1) is 0 Å². The molecule has 2 aromatic rings. The van der Waals surface area contributed by atoms with Gasteiger partial charge in [-0.25, -0.2) is 4.39 Å². The molecule has 0 bridgehead atoms. The Hall–Kier alpha value is -3.26. The molecule has 5 rings (SSSR count). The summed E-state index contributed by atoms with van der Waals surface area (Å²) in [6.45, 7) is 8.53. The van der Waals surface area contributed by atoms with Crippen molar-refractivity contribution < 1.29 is 23.4 Å². The van der Waals surface area contributed by atoms with Gasteiger partial charge in [-0.3, -0.25) is 9.69 Å². The van der Waals surface area contributed by atoms with Crippen LogP contribution in [0.15, 0.2) is 54.0 Å². The molecule has 0 aromatic heterocycles. The van der Waals surface area contributed by atoms with E-state index in [4.69, 9.17) is 14.2 Å². The van der Waals surface area contributed by atoms with Gasteiger partial charge in [0.1, 0.15) is 37.1 Å². The number of ether oxygens (including phenoxy) is 3. The molecule has 180 valence electrons. The van der Waals surface area contributed by atoms with Crippen molar-refractivity contribution in [2.75, 3.05) is 57.4 Å². The number of rotatable bonds is 4. The zero-order valence-electron chi connectivity index (χ0n) is 19.5. The highest BCUT2D eigenvalue weighted by Crippen LogP contribution is 2.27. The van der Waals surface area contributed by atoms with E-state index in [1.165, 1.54) is 17.7 Å². The van der Waals surface area contributed by atoms with Gasteiger partial charge >= 0.3 is 0 Å². The number of piperazine rings is 1. The van der Waals surface area contributed by atoms with Gasteiger partial charge in [0, 0.05) is 50.5 Å². The topological polar surface area (TPSA) is 54.5 Å². The third kappa shape index (κ3) is 4.97. The first-order chi connectivity index (χ1) is 16.6. The van der Waals surface area contributed by atoms with Crippen LogP contribution in [0.25, 0.3) is 0 Å². The van der Waals surface area contributed by atoms with Crippen molar-refractivity contribution in [2.24, 2.45) is 0 Å². The summed E-state index contributed by atoms with van der Waals surface area (Å²) >= 11 is 0. The van der Waals surface area contributed by atoms with Crippen LogP contribution in [0, 0.1) is 5.82 Å². The third-order valence-electron chi connectivity index (χ3n) is 6.52. The van der Waals surface area contributed by atoms with E-state index in [2.05, 4.69) is 21.9 Å². The molecule has 1 fully saturated rings. The van der Waals surface area contributed by atoms with Crippen molar-refractivity contribution in [3.05, 3.63) is 70.9 Å². The molecule has 2 aromatic carbocycles. The van der Waals surface area contributed by atoms with Gasteiger partial charge < -0.3 is 24.0 Å². The summed E-state index contributed by atoms with van der Waals surface area (Å²) in [7, 11) is 0. The fourth-order valence-electron chi connectivity index (χ4n) is 4.66. The molecule has 0 atom stereocenters. The molecule has 7 nitrogen and oxygen atoms in total. The Kier molecular flexibility index (Phi) is 6.58. The van der Waals surface area contributed by atoms with Crippen LogP contribution < -0.4 is 9.64 Å². The number of allylic oxidation sites excluding steroid dienone is 1. The van der Waals surface area contributed by atoms with Gasteiger partial charge in [0.15, 0.2) is 0 Å². The summed E-state index contributed by atoms with van der Waals surface area (Å²) in [6.07, 6.45) is 0. The van der Waals surface area contributed by atoms with Crippen molar-refractivity contribution >= 4 is 11.6 Å². The Balaban J connectivity index is 1.23. The molecule has 3 aliphatic rings. The Bertz CT molecular complexity index is 1060. The van der Waals surface area contributed by atoms with Crippen LogP contribution in [0.1, 0.15) is 18.1 Å². The summed E-state index contributed by atoms with van der Waals surface area (Å²) in [5, 5.41) is 0. The predicted octanol–water partition coefficient (Wildman–Crippen LogP) is 3.15. The minimum atomic E-state index is -0.207. The van der Waals surface area contributed by atoms with E-state index >= 15 is 0 Å². The second-order valence-electron chi connectivity index (χ2n) is 8.84. The fraction of sp³-hybridized carbons (Fsp3) is 0.423. The largest absolute Gasteiger partial charge is 0.491 e. The lowest BCUT2D eigenvalue weighted by Crippen LogP contribution is -2.45. The normalized spacial score (nSPS) is 19.0. The number of anilines is 1. The van der Waals surface area contributed by atoms with Crippen LogP contribution in [0.5, 0.6) is 5.75 Å². The highest BCUT2D eigenvalue weighted by molar-refractivity contribution is 5.92. The van der Waals surface area contributed by atoms with Gasteiger partial charge in [0.05, 0.1) is 6.54 Å². The van der Waals surface area contributed by atoms with Gasteiger partial charge in [0.25, 0.3) is 5.91 Å². The summed E-state index contributed by atoms with van der Waals surface area (Å²) in [4.78, 5) is 19.5. The molecule has 3 aliphatic heterocycles. The van der Waals surface area contributed by atoms with Gasteiger partial charge in [-0.05, 0) is 48.9 Å². The lowest BCUT2D eigenvalue weighted by molar-refractivity contribution is -0.133. The van der Waals surface area contributed by atoms with Crippen LogP contribution in [0.3, 0.4) is 0 Å². The quantitative estimate of drug-likeness (QED) is 0.689. The number of nitrogens with zero attached hydrogens (tertiary/aromatic N) is 3. The number of benzene rings is 2. The molecular weight excluding hydrogens is 437 g/mol. The monoisotopic (exact) mass is 467 g/mol. The van der Waals surface area contributed by atoms with Crippen LogP contribution in [-0.4, -0.2) is 68.3 Å². The Labute approximate surface area is 199 Å². The van der Waals surface area contributed by atoms with Crippen molar-refractivity contribution in [1.82, 2.24) is 9.80 Å². The Morgan fingerprint density at radius 1 is 0.912 bits per heavy atom. The zero-order valence-corrected chi connectivity index (χ0v) is 19.5. The van der Waals surface area contributed by atoms with E-state index in [9.17, 15) is 9.18 Å². The van der Waals surface area contributed by atoms with Crippen LogP contribution in [-0.2, 0) is 27.4 Å². The fourth-order valence-corrected chi connectivity index (χ4v) is 4.66. The summed E-state index contributed by atoms with van der Waals surface area (Å²) in [5.74, 6) is 1.30. The molecule has 1 amide bonds. The Morgan fingerprint density at radius 2 is 1.68 bits per heavy atom. The average molecular weight is 468 g/mol. The van der Waals surface area contributed by atoms with Crippen LogP contribution in [0.2, 0.25) is 0 Å². The zero-order chi connectivity index (χ0) is 23.5. The molecule has 0 N–H and O–H groups in total. The number of halogens is 1. The van der Waals surface area contributed by atoms with Crippen molar-refractivity contribution in [3.63, 3.8) is 0 Å². The molecule has 8 heteroatoms. The molecule has 0 spiro atoms. The molecule has 0 unspecified atom stereocenters. The first-order valence-corrected chi connectivity index (χ1v) is 11.8. The van der Waals surface area contributed by atoms with E-state index in [-0.39, 0.29) is 11.7 Å². The minimum absolute atomic E-state index is 0.157. The van der Waals surface area contributed by atoms with Gasteiger partial charge in [-0.1, -0.05) is 6.07 Å². The standard InChI is InChI=1S/C26H30FN3O4/c1-19-25(34-15-14-32-19)26(31)30-12-13-33-24-7-2-20(16-21(24)18-30)17-28-8-10-29(11-9-28)23-5-3-22(27)4-6-23/h2-7,16H,8-15,17-18H2,1H3. The SMILES string of the molecule is CC1=C(C(=O)N2CCOc3ccc(CN4CCN(c5ccc(F)cc5)CC4)cc3C2)OCCO1. The summed E-state index contributed by atoms with van der Waals surface area (Å²) in [5.41, 5.74) is 3.26. The average Bonchev–Trinajstić information content (AvgIpc) is 3.07. The molecule has 3 heterocycles. The number of hydrogen-bond donors (Lipinski definition) is 0. The summed E-state index contributed by atoms with van der Waals surface area (Å²) < 4.78 is 30.2. The molecule has 0 aliphatic carbocycles. The molecular formula is C26H30FN3O4. The maximum Gasteiger partial charge on any atom is 0.292 e. The molecule has 34 heavy (non-hydrogen) atoms. The second kappa shape index (κ2) is 9.93. The molecule has 0 saturated carbocycles. The Morgan fingerprint density at radius 3 is 2.44 bits per heavy atom. The first-order valence-electron chi connectivity index (χ1n) is 11.8. The van der Waals surface area contributed by atoms with E-state index in [0.29, 0.717) is 44.4 Å². The van der Waals surface area contributed by atoms with E-state index in [0.717, 1.165) is 49.7 Å². The maximum atomic E-state index is 13.2. The predicted molar refractivity (Wildman–Crippen MR) is 126 cm³/mol. The number of carbonyl (C=O) groups is 1. The lowest BCUT2D eigenvalue weighted by atomic mass is 10.1. The number of amides is 1. The lowest BCUT2D eigenvalue weighted by Gasteiger charge is -2.36. The smallest absolute Gasteiger partial charge is 0.292 e. The number of carbonyl (C=O) groups excluding carboxylic acids is 1. The third-order valence-corrected chi connectivity index (χ3v) is 6.52. The van der Waals surface area contributed by atoms with Gasteiger partial charge in [0.2, 0.25) is 5.76 Å².